The van der Waals surface area contributed by atoms with E-state index in [2.05, 4.69) is 10.1 Å². The summed E-state index contributed by atoms with van der Waals surface area (Å²) in [5.74, 6) is -0.630. The summed E-state index contributed by atoms with van der Waals surface area (Å²) in [5, 5.41) is 13.6. The van der Waals surface area contributed by atoms with Gasteiger partial charge in [0, 0.05) is 10.7 Å². The van der Waals surface area contributed by atoms with E-state index in [9.17, 15) is 9.90 Å². The third-order valence-electron chi connectivity index (χ3n) is 2.62. The Balaban J connectivity index is 2.73. The highest BCUT2D eigenvalue weighted by Crippen LogP contribution is 2.17. The Labute approximate surface area is 112 Å². The maximum Gasteiger partial charge on any atom is 0.336 e. The summed E-state index contributed by atoms with van der Waals surface area (Å²) in [6.45, 7) is 1.99. The Hall–Kier alpha value is -1.26. The zero-order chi connectivity index (χ0) is 13.5. The van der Waals surface area contributed by atoms with Gasteiger partial charge in [0.05, 0.1) is 13.2 Å². The van der Waals surface area contributed by atoms with Crippen molar-refractivity contribution in [2.45, 2.75) is 31.9 Å². The molecule has 100 valence electrons. The summed E-state index contributed by atoms with van der Waals surface area (Å²) in [6.07, 6.45) is 0.337. The van der Waals surface area contributed by atoms with Crippen LogP contribution in [0.3, 0.4) is 0 Å². The number of aliphatic hydroxyl groups is 1. The van der Waals surface area contributed by atoms with Gasteiger partial charge in [0.1, 0.15) is 0 Å². The molecular formula is C13H18ClNO3. The van der Waals surface area contributed by atoms with Crippen LogP contribution in [0, 0.1) is 0 Å². The Bertz CT molecular complexity index is 380. The number of hydrogen-bond acceptors (Lipinski definition) is 4. The SMILES string of the molecule is CCCC(Nc1ccc(Cl)cc1)C(O)C(=O)OC. The average Bonchev–Trinajstić information content (AvgIpc) is 2.39. The van der Waals surface area contributed by atoms with Crippen LogP contribution in [0.2, 0.25) is 5.02 Å². The van der Waals surface area contributed by atoms with E-state index in [0.717, 1.165) is 12.1 Å². The first-order chi connectivity index (χ1) is 8.58. The maximum atomic E-state index is 11.3. The summed E-state index contributed by atoms with van der Waals surface area (Å²) in [6, 6.07) is 6.72. The number of rotatable bonds is 6. The summed E-state index contributed by atoms with van der Waals surface area (Å²) >= 11 is 5.79. The second kappa shape index (κ2) is 7.24. The van der Waals surface area contributed by atoms with Crippen LogP contribution in [0.25, 0.3) is 0 Å². The number of aliphatic hydroxyl groups excluding tert-OH is 1. The van der Waals surface area contributed by atoms with Crippen molar-refractivity contribution in [1.82, 2.24) is 0 Å². The van der Waals surface area contributed by atoms with Crippen LogP contribution in [0.4, 0.5) is 5.69 Å². The van der Waals surface area contributed by atoms with Gasteiger partial charge in [0.15, 0.2) is 6.10 Å². The predicted molar refractivity (Wildman–Crippen MR) is 71.8 cm³/mol. The fraction of sp³-hybridized carbons (Fsp3) is 0.462. The molecule has 0 saturated heterocycles. The van der Waals surface area contributed by atoms with E-state index in [1.165, 1.54) is 7.11 Å². The first-order valence-corrected chi connectivity index (χ1v) is 6.24. The minimum absolute atomic E-state index is 0.372. The Morgan fingerprint density at radius 1 is 1.44 bits per heavy atom. The van der Waals surface area contributed by atoms with Gasteiger partial charge in [-0.1, -0.05) is 24.9 Å². The van der Waals surface area contributed by atoms with Crippen LogP contribution in [-0.4, -0.2) is 30.3 Å². The molecule has 5 heteroatoms. The summed E-state index contributed by atoms with van der Waals surface area (Å²) in [5.41, 5.74) is 0.806. The van der Waals surface area contributed by atoms with E-state index in [4.69, 9.17) is 11.6 Å². The van der Waals surface area contributed by atoms with Gasteiger partial charge in [-0.15, -0.1) is 0 Å². The molecule has 2 N–H and O–H groups in total. The first kappa shape index (κ1) is 14.8. The molecule has 0 bridgehead atoms. The molecule has 2 unspecified atom stereocenters. The van der Waals surface area contributed by atoms with Crippen molar-refractivity contribution in [2.24, 2.45) is 0 Å². The quantitative estimate of drug-likeness (QED) is 0.781. The standard InChI is InChI=1S/C13H18ClNO3/c1-3-4-11(12(16)13(17)18-2)15-10-7-5-9(14)6-8-10/h5-8,11-12,15-16H,3-4H2,1-2H3. The van der Waals surface area contributed by atoms with Gasteiger partial charge in [0.25, 0.3) is 0 Å². The molecule has 1 aromatic rings. The van der Waals surface area contributed by atoms with Gasteiger partial charge < -0.3 is 15.2 Å². The average molecular weight is 272 g/mol. The normalized spacial score (nSPS) is 13.8. The second-order valence-electron chi connectivity index (χ2n) is 4.01. The fourth-order valence-corrected chi connectivity index (χ4v) is 1.79. The summed E-state index contributed by atoms with van der Waals surface area (Å²) in [7, 11) is 1.26. The van der Waals surface area contributed by atoms with Crippen molar-refractivity contribution in [2.75, 3.05) is 12.4 Å². The van der Waals surface area contributed by atoms with Crippen LogP contribution < -0.4 is 5.32 Å². The van der Waals surface area contributed by atoms with Gasteiger partial charge in [-0.2, -0.15) is 0 Å². The molecule has 2 atom stereocenters. The minimum Gasteiger partial charge on any atom is -0.467 e. The van der Waals surface area contributed by atoms with E-state index in [1.807, 2.05) is 6.92 Å². The molecule has 0 radical (unpaired) electrons. The molecule has 0 saturated carbocycles. The minimum atomic E-state index is -1.18. The van der Waals surface area contributed by atoms with Crippen LogP contribution >= 0.6 is 11.6 Å². The number of ether oxygens (including phenoxy) is 1. The van der Waals surface area contributed by atoms with Crippen molar-refractivity contribution in [3.05, 3.63) is 29.3 Å². The van der Waals surface area contributed by atoms with Gasteiger partial charge in [-0.25, -0.2) is 4.79 Å². The number of benzene rings is 1. The molecule has 4 nitrogen and oxygen atoms in total. The zero-order valence-corrected chi connectivity index (χ0v) is 11.3. The molecule has 0 amide bonds. The number of carbonyl (C=O) groups excluding carboxylic acids is 1. The number of halogens is 1. The molecule has 0 aliphatic heterocycles. The topological polar surface area (TPSA) is 58.6 Å². The van der Waals surface area contributed by atoms with Crippen molar-refractivity contribution >= 4 is 23.3 Å². The fourth-order valence-electron chi connectivity index (χ4n) is 1.67. The van der Waals surface area contributed by atoms with Crippen LogP contribution in [0.5, 0.6) is 0 Å². The van der Waals surface area contributed by atoms with Crippen molar-refractivity contribution in [3.63, 3.8) is 0 Å². The molecule has 0 aromatic heterocycles. The first-order valence-electron chi connectivity index (χ1n) is 5.86. The van der Waals surface area contributed by atoms with E-state index >= 15 is 0 Å². The van der Waals surface area contributed by atoms with E-state index in [-0.39, 0.29) is 6.04 Å². The van der Waals surface area contributed by atoms with Gasteiger partial charge in [-0.05, 0) is 30.7 Å². The molecule has 1 rings (SSSR count). The predicted octanol–water partition coefficient (Wildman–Crippen LogP) is 2.45. The zero-order valence-electron chi connectivity index (χ0n) is 10.5. The Morgan fingerprint density at radius 3 is 2.56 bits per heavy atom. The van der Waals surface area contributed by atoms with E-state index in [0.29, 0.717) is 11.4 Å². The molecular weight excluding hydrogens is 254 g/mol. The smallest absolute Gasteiger partial charge is 0.336 e. The highest BCUT2D eigenvalue weighted by atomic mass is 35.5. The maximum absolute atomic E-state index is 11.3. The Morgan fingerprint density at radius 2 is 2.06 bits per heavy atom. The van der Waals surface area contributed by atoms with Crippen molar-refractivity contribution in [1.29, 1.82) is 0 Å². The highest BCUT2D eigenvalue weighted by molar-refractivity contribution is 6.30. The number of anilines is 1. The van der Waals surface area contributed by atoms with Crippen molar-refractivity contribution < 1.29 is 14.6 Å². The van der Waals surface area contributed by atoms with Gasteiger partial charge in [-0.3, -0.25) is 0 Å². The van der Waals surface area contributed by atoms with Gasteiger partial charge in [0.2, 0.25) is 0 Å². The number of carbonyl (C=O) groups is 1. The molecule has 0 aliphatic rings. The van der Waals surface area contributed by atoms with Crippen LogP contribution in [0.15, 0.2) is 24.3 Å². The second-order valence-corrected chi connectivity index (χ2v) is 4.45. The van der Waals surface area contributed by atoms with E-state index < -0.39 is 12.1 Å². The molecule has 0 aliphatic carbocycles. The van der Waals surface area contributed by atoms with Crippen molar-refractivity contribution in [3.8, 4) is 0 Å². The Kier molecular flexibility index (Phi) is 5.95. The monoisotopic (exact) mass is 271 g/mol. The summed E-state index contributed by atoms with van der Waals surface area (Å²) < 4.78 is 4.55. The van der Waals surface area contributed by atoms with E-state index in [1.54, 1.807) is 24.3 Å². The number of esters is 1. The molecule has 18 heavy (non-hydrogen) atoms. The molecule has 0 heterocycles. The third kappa shape index (κ3) is 4.20. The number of hydrogen-bond donors (Lipinski definition) is 2. The third-order valence-corrected chi connectivity index (χ3v) is 2.87. The van der Waals surface area contributed by atoms with Crippen LogP contribution in [0.1, 0.15) is 19.8 Å². The molecule has 1 aromatic carbocycles. The molecule has 0 spiro atoms. The lowest BCUT2D eigenvalue weighted by Crippen LogP contribution is -2.40. The highest BCUT2D eigenvalue weighted by Gasteiger charge is 2.26. The van der Waals surface area contributed by atoms with Gasteiger partial charge >= 0.3 is 5.97 Å². The number of methoxy groups -OCH3 is 1. The summed E-state index contributed by atoms with van der Waals surface area (Å²) in [4.78, 5) is 11.3. The molecule has 0 fully saturated rings. The largest absolute Gasteiger partial charge is 0.467 e. The lowest BCUT2D eigenvalue weighted by Gasteiger charge is -2.23. The number of nitrogens with one attached hydrogen (secondary N) is 1. The van der Waals surface area contributed by atoms with Crippen LogP contribution in [-0.2, 0) is 9.53 Å². The lowest BCUT2D eigenvalue weighted by molar-refractivity contribution is -0.151. The lowest BCUT2D eigenvalue weighted by atomic mass is 10.1.